The highest BCUT2D eigenvalue weighted by molar-refractivity contribution is 6.01. The predicted molar refractivity (Wildman–Crippen MR) is 162 cm³/mol. The summed E-state index contributed by atoms with van der Waals surface area (Å²) in [6.07, 6.45) is 0. The second-order valence-electron chi connectivity index (χ2n) is 10.1. The van der Waals surface area contributed by atoms with Crippen molar-refractivity contribution in [3.8, 4) is 39.9 Å². The Balaban J connectivity index is 1.41. The minimum absolute atomic E-state index is 0.0752. The van der Waals surface area contributed by atoms with Crippen LogP contribution in [-0.4, -0.2) is 78.1 Å². The van der Waals surface area contributed by atoms with Gasteiger partial charge in [0.1, 0.15) is 0 Å². The van der Waals surface area contributed by atoms with Crippen LogP contribution in [0.3, 0.4) is 0 Å². The average Bonchev–Trinajstić information content (AvgIpc) is 3.04. The summed E-state index contributed by atoms with van der Waals surface area (Å²) in [5.74, 6) is 1.97. The number of aryl methyl sites for hydroxylation is 1. The van der Waals surface area contributed by atoms with E-state index in [0.29, 0.717) is 78.3 Å². The molecule has 1 aromatic heterocycles. The Morgan fingerprint density at radius 3 is 2.12 bits per heavy atom. The molecule has 0 saturated carbocycles. The van der Waals surface area contributed by atoms with Crippen LogP contribution in [0.4, 0.5) is 5.69 Å². The third-order valence-electron chi connectivity index (χ3n) is 7.46. The van der Waals surface area contributed by atoms with Crippen LogP contribution in [-0.2, 0) is 6.54 Å². The van der Waals surface area contributed by atoms with Gasteiger partial charge in [0, 0.05) is 56.0 Å². The first-order valence-corrected chi connectivity index (χ1v) is 13.8. The molecule has 0 bridgehead atoms. The van der Waals surface area contributed by atoms with Crippen molar-refractivity contribution < 1.29 is 23.9 Å². The summed E-state index contributed by atoms with van der Waals surface area (Å²) >= 11 is 0. The monoisotopic (exact) mass is 583 g/mol. The van der Waals surface area contributed by atoms with Gasteiger partial charge in [-0.15, -0.1) is 0 Å². The number of hydrogen-bond donors (Lipinski definition) is 0. The highest BCUT2D eigenvalue weighted by atomic mass is 16.6. The van der Waals surface area contributed by atoms with Crippen molar-refractivity contribution in [3.05, 3.63) is 93.7 Å². The number of ether oxygens (including phenoxy) is 3. The lowest BCUT2D eigenvalue weighted by atomic mass is 10.0. The molecule has 1 amide bonds. The number of carbonyl (C=O) groups excluding carboxylic acids is 1. The molecule has 4 aromatic rings. The maximum absolute atomic E-state index is 14.0. The summed E-state index contributed by atoms with van der Waals surface area (Å²) in [5, 5.41) is 11.5. The number of carbonyl (C=O) groups is 1. The molecule has 0 unspecified atom stereocenters. The third-order valence-corrected chi connectivity index (χ3v) is 7.46. The maximum atomic E-state index is 14.0. The van der Waals surface area contributed by atoms with Crippen molar-refractivity contribution in [2.24, 2.45) is 0 Å². The number of aromatic nitrogens is 2. The molecule has 11 nitrogen and oxygen atoms in total. The third kappa shape index (κ3) is 6.26. The second kappa shape index (κ2) is 12.9. The number of nitro benzene ring substituents is 1. The Morgan fingerprint density at radius 1 is 0.860 bits per heavy atom. The van der Waals surface area contributed by atoms with E-state index in [1.165, 1.54) is 12.1 Å². The van der Waals surface area contributed by atoms with Gasteiger partial charge in [0.2, 0.25) is 5.75 Å². The zero-order valence-corrected chi connectivity index (χ0v) is 24.6. The number of nitrogens with zero attached hydrogens (tertiary/aromatic N) is 5. The topological polar surface area (TPSA) is 120 Å². The number of non-ortho nitro benzene ring substituents is 1. The Hall–Kier alpha value is -5.03. The van der Waals surface area contributed by atoms with E-state index in [0.717, 1.165) is 11.1 Å². The van der Waals surface area contributed by atoms with Gasteiger partial charge in [-0.1, -0.05) is 42.5 Å². The zero-order valence-electron chi connectivity index (χ0n) is 24.6. The first kappa shape index (κ1) is 29.5. The normalized spacial score (nSPS) is 13.4. The molecule has 3 aromatic carbocycles. The molecule has 43 heavy (non-hydrogen) atoms. The van der Waals surface area contributed by atoms with Gasteiger partial charge in [-0.2, -0.15) is 0 Å². The number of methoxy groups -OCH3 is 3. The van der Waals surface area contributed by atoms with Crippen molar-refractivity contribution in [2.75, 3.05) is 47.5 Å². The van der Waals surface area contributed by atoms with Crippen molar-refractivity contribution in [1.82, 2.24) is 19.8 Å². The van der Waals surface area contributed by atoms with E-state index < -0.39 is 4.92 Å². The van der Waals surface area contributed by atoms with E-state index >= 15 is 0 Å². The molecule has 0 aliphatic carbocycles. The van der Waals surface area contributed by atoms with Gasteiger partial charge < -0.3 is 19.1 Å². The van der Waals surface area contributed by atoms with Crippen LogP contribution < -0.4 is 14.2 Å². The summed E-state index contributed by atoms with van der Waals surface area (Å²) in [7, 11) is 4.75. The van der Waals surface area contributed by atoms with Crippen molar-refractivity contribution in [3.63, 3.8) is 0 Å². The molecular weight excluding hydrogens is 550 g/mol. The molecule has 1 saturated heterocycles. The number of nitro groups is 1. The van der Waals surface area contributed by atoms with Crippen LogP contribution >= 0.6 is 0 Å². The molecule has 5 rings (SSSR count). The van der Waals surface area contributed by atoms with Gasteiger partial charge in [-0.3, -0.25) is 19.8 Å². The summed E-state index contributed by atoms with van der Waals surface area (Å²) < 4.78 is 16.4. The Kier molecular flexibility index (Phi) is 8.82. The lowest BCUT2D eigenvalue weighted by molar-refractivity contribution is -0.384. The molecule has 0 N–H and O–H groups in total. The molecular formula is C32H33N5O6. The van der Waals surface area contributed by atoms with Gasteiger partial charge >= 0.3 is 0 Å². The molecule has 0 atom stereocenters. The van der Waals surface area contributed by atoms with E-state index in [9.17, 15) is 14.9 Å². The highest BCUT2D eigenvalue weighted by Crippen LogP contribution is 2.38. The lowest BCUT2D eigenvalue weighted by Gasteiger charge is -2.35. The second-order valence-corrected chi connectivity index (χ2v) is 10.1. The smallest absolute Gasteiger partial charge is 0.270 e. The van der Waals surface area contributed by atoms with Gasteiger partial charge in [0.05, 0.1) is 43.2 Å². The van der Waals surface area contributed by atoms with Crippen LogP contribution in [0.1, 0.15) is 21.6 Å². The predicted octanol–water partition coefficient (Wildman–Crippen LogP) is 5.01. The fraction of sp³-hybridized carbons (Fsp3) is 0.281. The Labute approximate surface area is 249 Å². The van der Waals surface area contributed by atoms with E-state index in [-0.39, 0.29) is 11.6 Å². The van der Waals surface area contributed by atoms with Gasteiger partial charge in [0.25, 0.3) is 11.6 Å². The number of hydrogen-bond acceptors (Lipinski definition) is 9. The summed E-state index contributed by atoms with van der Waals surface area (Å²) in [6.45, 7) is 4.72. The summed E-state index contributed by atoms with van der Waals surface area (Å²) in [4.78, 5) is 38.6. The minimum atomic E-state index is -0.454. The zero-order chi connectivity index (χ0) is 30.5. The molecule has 0 radical (unpaired) electrons. The molecule has 11 heteroatoms. The van der Waals surface area contributed by atoms with Crippen LogP contribution in [0.15, 0.2) is 66.7 Å². The van der Waals surface area contributed by atoms with E-state index in [2.05, 4.69) is 9.88 Å². The standard InChI is InChI=1S/C32H33N5O6/c1-21-28(29(24-11-8-12-25(19-24)37(39)40)34-31(33-21)23-9-6-5-7-10-23)32(38)36-15-13-35(14-16-36)20-22-17-26(41-2)30(43-4)27(18-22)42-3/h5-12,17-19H,13-16,20H2,1-4H3. The van der Waals surface area contributed by atoms with Gasteiger partial charge in [-0.05, 0) is 24.6 Å². The molecule has 0 spiro atoms. The van der Waals surface area contributed by atoms with E-state index in [4.69, 9.17) is 19.2 Å². The number of benzene rings is 3. The summed E-state index contributed by atoms with van der Waals surface area (Å²) in [5.41, 5.74) is 3.44. The molecule has 1 aliphatic heterocycles. The number of rotatable bonds is 9. The Bertz CT molecular complexity index is 1610. The highest BCUT2D eigenvalue weighted by Gasteiger charge is 2.28. The minimum Gasteiger partial charge on any atom is -0.493 e. The summed E-state index contributed by atoms with van der Waals surface area (Å²) in [6, 6.07) is 19.5. The van der Waals surface area contributed by atoms with E-state index in [1.807, 2.05) is 42.5 Å². The largest absolute Gasteiger partial charge is 0.493 e. The van der Waals surface area contributed by atoms with Crippen molar-refractivity contribution in [2.45, 2.75) is 13.5 Å². The number of amides is 1. The number of piperazine rings is 1. The van der Waals surface area contributed by atoms with Crippen LogP contribution in [0, 0.1) is 17.0 Å². The fourth-order valence-corrected chi connectivity index (χ4v) is 5.27. The maximum Gasteiger partial charge on any atom is 0.270 e. The van der Waals surface area contributed by atoms with Gasteiger partial charge in [0.15, 0.2) is 17.3 Å². The molecule has 222 valence electrons. The quantitative estimate of drug-likeness (QED) is 0.198. The first-order valence-electron chi connectivity index (χ1n) is 13.8. The SMILES string of the molecule is COc1cc(CN2CCN(C(=O)c3c(C)nc(-c4ccccc4)nc3-c3cccc([N+](=O)[O-])c3)CC2)cc(OC)c1OC. The molecule has 2 heterocycles. The van der Waals surface area contributed by atoms with Crippen LogP contribution in [0.2, 0.25) is 0 Å². The van der Waals surface area contributed by atoms with Gasteiger partial charge in [-0.25, -0.2) is 9.97 Å². The van der Waals surface area contributed by atoms with Crippen LogP contribution in [0.5, 0.6) is 17.2 Å². The Morgan fingerprint density at radius 2 is 1.51 bits per heavy atom. The fourth-order valence-electron chi connectivity index (χ4n) is 5.27. The average molecular weight is 584 g/mol. The van der Waals surface area contributed by atoms with Crippen molar-refractivity contribution in [1.29, 1.82) is 0 Å². The lowest BCUT2D eigenvalue weighted by Crippen LogP contribution is -2.48. The molecule has 1 aliphatic rings. The first-order chi connectivity index (χ1) is 20.8. The van der Waals surface area contributed by atoms with Crippen LogP contribution in [0.25, 0.3) is 22.6 Å². The molecule has 1 fully saturated rings. The van der Waals surface area contributed by atoms with E-state index in [1.54, 1.807) is 45.3 Å². The van der Waals surface area contributed by atoms with Crippen molar-refractivity contribution >= 4 is 11.6 Å².